The van der Waals surface area contributed by atoms with Crippen molar-refractivity contribution in [3.63, 3.8) is 0 Å². The third kappa shape index (κ3) is 3.40. The lowest BCUT2D eigenvalue weighted by Gasteiger charge is -2.42. The largest absolute Gasteiger partial charge is 0.555 e. The fraction of sp³-hybridized carbons (Fsp3) is 0.310. The number of nitrogens with one attached hydrogen (secondary N) is 1. The fourth-order valence-electron chi connectivity index (χ4n) is 6.30. The highest BCUT2D eigenvalue weighted by molar-refractivity contribution is 6.42. The standard InChI is InChI=1S/C29H30BNO2/c1-32-30-31-28(23-13-3-2-4-14-23)29(33-30,26-19-9-15-21-11-5-7-17-24(21)26)27-20-10-16-22-12-6-8-18-25(22)27/h5-12,15-20,23,28,31H,2-4,13-14H2,1H3/t28-/m1/s1. The maximum absolute atomic E-state index is 7.02. The van der Waals surface area contributed by atoms with E-state index in [1.54, 1.807) is 7.11 Å². The summed E-state index contributed by atoms with van der Waals surface area (Å²) < 4.78 is 12.8. The van der Waals surface area contributed by atoms with Crippen LogP contribution in [0.5, 0.6) is 0 Å². The topological polar surface area (TPSA) is 30.5 Å². The van der Waals surface area contributed by atoms with E-state index in [0.717, 1.165) is 0 Å². The Bertz CT molecular complexity index is 1190. The lowest BCUT2D eigenvalue weighted by atomic mass is 9.69. The molecule has 6 rings (SSSR count). The van der Waals surface area contributed by atoms with Gasteiger partial charge < -0.3 is 9.31 Å². The van der Waals surface area contributed by atoms with Crippen LogP contribution >= 0.6 is 0 Å². The van der Waals surface area contributed by atoms with Crippen LogP contribution in [-0.2, 0) is 14.9 Å². The van der Waals surface area contributed by atoms with E-state index in [2.05, 4.69) is 90.2 Å². The van der Waals surface area contributed by atoms with Gasteiger partial charge in [0.05, 0.1) is 0 Å². The van der Waals surface area contributed by atoms with E-state index in [1.165, 1.54) is 64.8 Å². The minimum atomic E-state index is -0.648. The monoisotopic (exact) mass is 435 g/mol. The van der Waals surface area contributed by atoms with Gasteiger partial charge in [-0.2, -0.15) is 0 Å². The molecule has 1 saturated heterocycles. The second-order valence-electron chi connectivity index (χ2n) is 9.52. The first-order valence-electron chi connectivity index (χ1n) is 12.2. The zero-order valence-electron chi connectivity index (χ0n) is 19.2. The lowest BCUT2D eigenvalue weighted by Crippen LogP contribution is -2.48. The first-order valence-corrected chi connectivity index (χ1v) is 12.2. The molecule has 1 saturated carbocycles. The van der Waals surface area contributed by atoms with E-state index < -0.39 is 12.9 Å². The van der Waals surface area contributed by atoms with Crippen molar-refractivity contribution in [3.05, 3.63) is 96.1 Å². The quantitative estimate of drug-likeness (QED) is 0.375. The third-order valence-electron chi connectivity index (χ3n) is 7.76. The van der Waals surface area contributed by atoms with E-state index in [-0.39, 0.29) is 6.04 Å². The molecule has 33 heavy (non-hydrogen) atoms. The van der Waals surface area contributed by atoms with Crippen molar-refractivity contribution in [2.75, 3.05) is 7.11 Å². The second kappa shape index (κ2) is 8.60. The molecular weight excluding hydrogens is 405 g/mol. The van der Waals surface area contributed by atoms with Gasteiger partial charge in [0.15, 0.2) is 0 Å². The summed E-state index contributed by atoms with van der Waals surface area (Å²) in [4.78, 5) is 0. The van der Waals surface area contributed by atoms with Crippen molar-refractivity contribution in [1.29, 1.82) is 0 Å². The number of fused-ring (bicyclic) bond motifs is 2. The van der Waals surface area contributed by atoms with Crippen LogP contribution in [-0.4, -0.2) is 20.4 Å². The van der Waals surface area contributed by atoms with E-state index in [0.29, 0.717) is 5.92 Å². The summed E-state index contributed by atoms with van der Waals surface area (Å²) in [6.45, 7) is 0. The van der Waals surface area contributed by atoms with Crippen LogP contribution in [0.15, 0.2) is 84.9 Å². The van der Waals surface area contributed by atoms with Gasteiger partial charge in [-0.1, -0.05) is 104 Å². The molecule has 1 heterocycles. The molecule has 166 valence electrons. The summed E-state index contributed by atoms with van der Waals surface area (Å²) in [6, 6.07) is 30.7. The highest BCUT2D eigenvalue weighted by atomic mass is 16.6. The Kier molecular flexibility index (Phi) is 5.45. The maximum atomic E-state index is 7.02. The Morgan fingerprint density at radius 2 is 1.30 bits per heavy atom. The molecule has 1 atom stereocenters. The Morgan fingerprint density at radius 3 is 1.88 bits per heavy atom. The lowest BCUT2D eigenvalue weighted by molar-refractivity contribution is 0.0663. The Hall–Kier alpha value is -2.66. The van der Waals surface area contributed by atoms with Gasteiger partial charge in [0.1, 0.15) is 5.60 Å². The molecule has 0 spiro atoms. The molecule has 0 amide bonds. The number of benzene rings is 4. The van der Waals surface area contributed by atoms with Crippen LogP contribution < -0.4 is 5.23 Å². The van der Waals surface area contributed by atoms with Crippen molar-refractivity contribution in [2.24, 2.45) is 5.92 Å². The molecular formula is C29H30BNO2. The average molecular weight is 435 g/mol. The molecule has 3 nitrogen and oxygen atoms in total. The molecule has 0 unspecified atom stereocenters. The smallest absolute Gasteiger partial charge is 0.400 e. The first-order chi connectivity index (χ1) is 16.3. The van der Waals surface area contributed by atoms with Crippen molar-refractivity contribution >= 4 is 28.8 Å². The zero-order chi connectivity index (χ0) is 22.3. The summed E-state index contributed by atoms with van der Waals surface area (Å²) in [6.07, 6.45) is 6.32. The summed E-state index contributed by atoms with van der Waals surface area (Å²) in [7, 11) is 1.28. The van der Waals surface area contributed by atoms with Crippen LogP contribution in [0, 0.1) is 5.92 Å². The predicted molar refractivity (Wildman–Crippen MR) is 136 cm³/mol. The van der Waals surface area contributed by atoms with Gasteiger partial charge in [-0.25, -0.2) is 0 Å². The molecule has 4 aromatic rings. The number of hydrogen-bond acceptors (Lipinski definition) is 3. The van der Waals surface area contributed by atoms with E-state index >= 15 is 0 Å². The Labute approximate surface area is 196 Å². The zero-order valence-corrected chi connectivity index (χ0v) is 19.2. The second-order valence-corrected chi connectivity index (χ2v) is 9.52. The Balaban J connectivity index is 1.68. The molecule has 0 aromatic heterocycles. The van der Waals surface area contributed by atoms with Crippen molar-refractivity contribution < 1.29 is 9.31 Å². The first kappa shape index (κ1) is 20.9. The summed E-state index contributed by atoms with van der Waals surface area (Å²) in [5, 5.41) is 8.74. The predicted octanol–water partition coefficient (Wildman–Crippen LogP) is 6.44. The van der Waals surface area contributed by atoms with Crippen molar-refractivity contribution in [2.45, 2.75) is 43.7 Å². The molecule has 2 aliphatic rings. The SMILES string of the molecule is COB1N[C@H](C2CCCCC2)C(c2cccc3ccccc23)(c2cccc3ccccc23)O1. The van der Waals surface area contributed by atoms with E-state index in [1.807, 2.05) is 0 Å². The van der Waals surface area contributed by atoms with Crippen molar-refractivity contribution in [3.8, 4) is 0 Å². The van der Waals surface area contributed by atoms with Gasteiger partial charge in [0.25, 0.3) is 0 Å². The van der Waals surface area contributed by atoms with Crippen LogP contribution in [0.2, 0.25) is 0 Å². The van der Waals surface area contributed by atoms with Crippen LogP contribution in [0.4, 0.5) is 0 Å². The minimum absolute atomic E-state index is 0.124. The van der Waals surface area contributed by atoms with E-state index in [4.69, 9.17) is 9.31 Å². The van der Waals surface area contributed by atoms with Gasteiger partial charge in [0, 0.05) is 13.2 Å². The molecule has 2 fully saturated rings. The normalized spacial score (nSPS) is 21.1. The third-order valence-corrected chi connectivity index (χ3v) is 7.76. The number of rotatable bonds is 4. The molecule has 4 heteroatoms. The molecule has 1 aliphatic carbocycles. The van der Waals surface area contributed by atoms with Gasteiger partial charge >= 0.3 is 7.25 Å². The Morgan fingerprint density at radius 1 is 0.758 bits per heavy atom. The minimum Gasteiger partial charge on any atom is -0.400 e. The van der Waals surface area contributed by atoms with E-state index in [9.17, 15) is 0 Å². The molecule has 1 N–H and O–H groups in total. The summed E-state index contributed by atoms with van der Waals surface area (Å²) in [5.74, 6) is 0.525. The van der Waals surface area contributed by atoms with Crippen molar-refractivity contribution in [1.82, 2.24) is 5.23 Å². The molecule has 0 bridgehead atoms. The van der Waals surface area contributed by atoms with Gasteiger partial charge in [-0.15, -0.1) is 0 Å². The van der Waals surface area contributed by atoms with Gasteiger partial charge in [0.2, 0.25) is 0 Å². The maximum Gasteiger partial charge on any atom is 0.555 e. The summed E-state index contributed by atoms with van der Waals surface area (Å²) >= 11 is 0. The van der Waals surface area contributed by atoms with Crippen LogP contribution in [0.25, 0.3) is 21.5 Å². The highest BCUT2D eigenvalue weighted by Gasteiger charge is 2.56. The van der Waals surface area contributed by atoms with Gasteiger partial charge in [-0.3, -0.25) is 5.23 Å². The average Bonchev–Trinajstić information content (AvgIpc) is 3.29. The molecule has 0 radical (unpaired) electrons. The van der Waals surface area contributed by atoms with Crippen LogP contribution in [0.1, 0.15) is 43.2 Å². The number of hydrogen-bond donors (Lipinski definition) is 1. The molecule has 4 aromatic carbocycles. The fourth-order valence-corrected chi connectivity index (χ4v) is 6.30. The highest BCUT2D eigenvalue weighted by Crippen LogP contribution is 2.50. The summed E-state index contributed by atoms with van der Waals surface area (Å²) in [5.41, 5.74) is 1.80. The van der Waals surface area contributed by atoms with Crippen LogP contribution in [0.3, 0.4) is 0 Å². The van der Waals surface area contributed by atoms with Gasteiger partial charge in [-0.05, 0) is 51.4 Å². The molecule has 1 aliphatic heterocycles.